The average molecular weight is 315 g/mol. The van der Waals surface area contributed by atoms with E-state index in [2.05, 4.69) is 26.1 Å². The highest BCUT2D eigenvalue weighted by molar-refractivity contribution is 9.10. The number of carbonyl (C=O) groups excluding carboxylic acids is 1. The number of carbonyl (C=O) groups is 1. The third kappa shape index (κ3) is 6.61. The average Bonchev–Trinajstić information content (AvgIpc) is 2.34. The van der Waals surface area contributed by atoms with Crippen LogP contribution < -0.4 is 10.1 Å². The van der Waals surface area contributed by atoms with Crippen molar-refractivity contribution in [1.82, 2.24) is 10.2 Å². The van der Waals surface area contributed by atoms with E-state index < -0.39 is 0 Å². The minimum Gasteiger partial charge on any atom is -0.484 e. The first-order chi connectivity index (χ1) is 8.58. The quantitative estimate of drug-likeness (QED) is 0.782. The van der Waals surface area contributed by atoms with E-state index in [4.69, 9.17) is 4.74 Å². The third-order valence-corrected chi connectivity index (χ3v) is 2.82. The molecule has 1 amide bonds. The number of ether oxygens (including phenoxy) is 1. The van der Waals surface area contributed by atoms with Crippen LogP contribution in [0.5, 0.6) is 5.75 Å². The van der Waals surface area contributed by atoms with Crippen molar-refractivity contribution in [2.75, 3.05) is 33.8 Å². The summed E-state index contributed by atoms with van der Waals surface area (Å²) in [6.45, 7) is 1.71. The van der Waals surface area contributed by atoms with Crippen LogP contribution in [0.4, 0.5) is 0 Å². The van der Waals surface area contributed by atoms with Crippen LogP contribution in [0.1, 0.15) is 6.42 Å². The standard InChI is InChI=1S/C13H19BrN2O2/c1-16(2)9-3-8-15-13(17)10-18-12-6-4-11(14)5-7-12/h4-7H,3,8-10H2,1-2H3,(H,15,17). The Morgan fingerprint density at radius 2 is 2.00 bits per heavy atom. The molecular formula is C13H19BrN2O2. The van der Waals surface area contributed by atoms with Gasteiger partial charge in [-0.15, -0.1) is 0 Å². The molecule has 0 aliphatic rings. The lowest BCUT2D eigenvalue weighted by atomic mass is 10.3. The van der Waals surface area contributed by atoms with Crippen LogP contribution in [0, 0.1) is 0 Å². The summed E-state index contributed by atoms with van der Waals surface area (Å²) in [5.74, 6) is 0.610. The number of hydrogen-bond acceptors (Lipinski definition) is 3. The van der Waals surface area contributed by atoms with Gasteiger partial charge in [0.2, 0.25) is 0 Å². The van der Waals surface area contributed by atoms with Crippen LogP contribution in [-0.2, 0) is 4.79 Å². The molecule has 4 nitrogen and oxygen atoms in total. The molecule has 0 unspecified atom stereocenters. The molecule has 0 atom stereocenters. The van der Waals surface area contributed by atoms with Crippen molar-refractivity contribution in [3.05, 3.63) is 28.7 Å². The van der Waals surface area contributed by atoms with Gasteiger partial charge < -0.3 is 15.0 Å². The minimum atomic E-state index is -0.0864. The van der Waals surface area contributed by atoms with Crippen LogP contribution in [0.2, 0.25) is 0 Å². The van der Waals surface area contributed by atoms with Crippen molar-refractivity contribution < 1.29 is 9.53 Å². The van der Waals surface area contributed by atoms with Crippen molar-refractivity contribution >= 4 is 21.8 Å². The van der Waals surface area contributed by atoms with Crippen molar-refractivity contribution in [3.8, 4) is 5.75 Å². The molecule has 1 rings (SSSR count). The Bertz CT molecular complexity index is 366. The molecule has 0 fully saturated rings. The lowest BCUT2D eigenvalue weighted by molar-refractivity contribution is -0.123. The molecule has 0 saturated heterocycles. The molecule has 0 aliphatic heterocycles. The number of hydrogen-bond donors (Lipinski definition) is 1. The summed E-state index contributed by atoms with van der Waals surface area (Å²) in [5, 5.41) is 2.82. The second-order valence-corrected chi connectivity index (χ2v) is 5.17. The Kier molecular flexibility index (Phi) is 6.75. The maximum Gasteiger partial charge on any atom is 0.257 e. The zero-order chi connectivity index (χ0) is 13.4. The predicted molar refractivity (Wildman–Crippen MR) is 75.8 cm³/mol. The van der Waals surface area contributed by atoms with E-state index in [9.17, 15) is 4.79 Å². The van der Waals surface area contributed by atoms with Crippen LogP contribution in [0.15, 0.2) is 28.7 Å². The number of nitrogens with zero attached hydrogens (tertiary/aromatic N) is 1. The molecule has 1 N–H and O–H groups in total. The molecule has 0 aromatic heterocycles. The number of halogens is 1. The van der Waals surface area contributed by atoms with Crippen molar-refractivity contribution in [2.45, 2.75) is 6.42 Å². The van der Waals surface area contributed by atoms with Crippen LogP contribution in [0.3, 0.4) is 0 Å². The molecule has 0 aliphatic carbocycles. The molecule has 0 saturated carbocycles. The molecule has 0 bridgehead atoms. The van der Waals surface area contributed by atoms with E-state index in [-0.39, 0.29) is 12.5 Å². The van der Waals surface area contributed by atoms with Gasteiger partial charge in [-0.05, 0) is 51.3 Å². The molecule has 0 heterocycles. The monoisotopic (exact) mass is 314 g/mol. The highest BCUT2D eigenvalue weighted by atomic mass is 79.9. The summed E-state index contributed by atoms with van der Waals surface area (Å²) in [5.41, 5.74) is 0. The molecule has 1 aromatic rings. The molecule has 0 radical (unpaired) electrons. The lowest BCUT2D eigenvalue weighted by Gasteiger charge is -2.10. The van der Waals surface area contributed by atoms with E-state index >= 15 is 0 Å². The first kappa shape index (κ1) is 15.0. The third-order valence-electron chi connectivity index (χ3n) is 2.29. The Morgan fingerprint density at radius 1 is 1.33 bits per heavy atom. The van der Waals surface area contributed by atoms with Gasteiger partial charge in [0.15, 0.2) is 6.61 Å². The number of amides is 1. The Morgan fingerprint density at radius 3 is 2.61 bits per heavy atom. The van der Waals surface area contributed by atoms with Gasteiger partial charge in [0.1, 0.15) is 5.75 Å². The second kappa shape index (κ2) is 8.11. The maximum absolute atomic E-state index is 11.5. The Balaban J connectivity index is 2.15. The molecule has 100 valence electrons. The summed E-state index contributed by atoms with van der Waals surface area (Å²) < 4.78 is 6.35. The van der Waals surface area contributed by atoms with Crippen molar-refractivity contribution in [2.24, 2.45) is 0 Å². The molecule has 0 spiro atoms. The van der Waals surface area contributed by atoms with E-state index in [1.165, 1.54) is 0 Å². The van der Waals surface area contributed by atoms with Crippen LogP contribution in [-0.4, -0.2) is 44.6 Å². The fourth-order valence-corrected chi connectivity index (χ4v) is 1.62. The molecule has 5 heteroatoms. The number of rotatable bonds is 7. The maximum atomic E-state index is 11.5. The Hall–Kier alpha value is -1.07. The molecule has 18 heavy (non-hydrogen) atoms. The minimum absolute atomic E-state index is 0.0591. The zero-order valence-corrected chi connectivity index (χ0v) is 12.4. The number of nitrogens with one attached hydrogen (secondary N) is 1. The fourth-order valence-electron chi connectivity index (χ4n) is 1.35. The Labute approximate surface area is 116 Å². The van der Waals surface area contributed by atoms with Gasteiger partial charge in [0, 0.05) is 11.0 Å². The van der Waals surface area contributed by atoms with Crippen LogP contribution in [0.25, 0.3) is 0 Å². The highest BCUT2D eigenvalue weighted by Gasteiger charge is 2.02. The predicted octanol–water partition coefficient (Wildman–Crippen LogP) is 1.90. The molecule has 1 aromatic carbocycles. The van der Waals surface area contributed by atoms with Crippen molar-refractivity contribution in [1.29, 1.82) is 0 Å². The second-order valence-electron chi connectivity index (χ2n) is 4.25. The zero-order valence-electron chi connectivity index (χ0n) is 10.8. The van der Waals surface area contributed by atoms with Crippen LogP contribution >= 0.6 is 15.9 Å². The van der Waals surface area contributed by atoms with Gasteiger partial charge in [-0.3, -0.25) is 4.79 Å². The smallest absolute Gasteiger partial charge is 0.257 e. The van der Waals surface area contributed by atoms with Gasteiger partial charge in [-0.1, -0.05) is 15.9 Å². The highest BCUT2D eigenvalue weighted by Crippen LogP contribution is 2.15. The van der Waals surface area contributed by atoms with E-state index in [0.717, 1.165) is 17.4 Å². The van der Waals surface area contributed by atoms with E-state index in [1.54, 1.807) is 0 Å². The first-order valence-electron chi connectivity index (χ1n) is 5.88. The summed E-state index contributed by atoms with van der Waals surface area (Å²) in [7, 11) is 4.02. The first-order valence-corrected chi connectivity index (χ1v) is 6.67. The fraction of sp³-hybridized carbons (Fsp3) is 0.462. The summed E-state index contributed by atoms with van der Waals surface area (Å²) >= 11 is 3.34. The van der Waals surface area contributed by atoms with Gasteiger partial charge >= 0.3 is 0 Å². The molecular weight excluding hydrogens is 296 g/mol. The van der Waals surface area contributed by atoms with E-state index in [1.807, 2.05) is 38.4 Å². The SMILES string of the molecule is CN(C)CCCNC(=O)COc1ccc(Br)cc1. The topological polar surface area (TPSA) is 41.6 Å². The van der Waals surface area contributed by atoms with Gasteiger partial charge in [0.05, 0.1) is 0 Å². The summed E-state index contributed by atoms with van der Waals surface area (Å²) in [6, 6.07) is 7.40. The van der Waals surface area contributed by atoms with Crippen molar-refractivity contribution in [3.63, 3.8) is 0 Å². The van der Waals surface area contributed by atoms with Gasteiger partial charge in [0.25, 0.3) is 5.91 Å². The van der Waals surface area contributed by atoms with Gasteiger partial charge in [-0.2, -0.15) is 0 Å². The van der Waals surface area contributed by atoms with Gasteiger partial charge in [-0.25, -0.2) is 0 Å². The largest absolute Gasteiger partial charge is 0.484 e. The van der Waals surface area contributed by atoms with E-state index in [0.29, 0.717) is 12.3 Å². The lowest BCUT2D eigenvalue weighted by Crippen LogP contribution is -2.31. The number of benzene rings is 1. The summed E-state index contributed by atoms with van der Waals surface area (Å²) in [4.78, 5) is 13.6. The normalized spacial score (nSPS) is 10.4. The summed E-state index contributed by atoms with van der Waals surface area (Å²) in [6.07, 6.45) is 0.941.